The number of rotatable bonds is 2. The lowest BCUT2D eigenvalue weighted by molar-refractivity contribution is 0.234. The molecule has 1 saturated carbocycles. The SMILES string of the molecule is Nc1ncn(C(=O)NC2(c3ccc(F)cc3)CC2)n1. The number of carbonyl (C=O) groups excluding carboxylic acids is 1. The van der Waals surface area contributed by atoms with E-state index in [9.17, 15) is 9.18 Å². The van der Waals surface area contributed by atoms with Crippen LogP contribution in [0.1, 0.15) is 18.4 Å². The lowest BCUT2D eigenvalue weighted by atomic mass is 10.1. The van der Waals surface area contributed by atoms with E-state index in [1.165, 1.54) is 18.5 Å². The molecule has 0 bridgehead atoms. The summed E-state index contributed by atoms with van der Waals surface area (Å²) in [6, 6.07) is 5.73. The molecular weight excluding hydrogens is 249 g/mol. The minimum absolute atomic E-state index is 0.0433. The first-order valence-corrected chi connectivity index (χ1v) is 5.85. The fourth-order valence-electron chi connectivity index (χ4n) is 2.02. The van der Waals surface area contributed by atoms with Gasteiger partial charge in [0.25, 0.3) is 0 Å². The number of hydrogen-bond acceptors (Lipinski definition) is 4. The zero-order valence-electron chi connectivity index (χ0n) is 10.0. The maximum absolute atomic E-state index is 12.9. The molecule has 7 heteroatoms. The van der Waals surface area contributed by atoms with Gasteiger partial charge in [-0.2, -0.15) is 4.68 Å². The molecule has 0 unspecified atom stereocenters. The van der Waals surface area contributed by atoms with E-state index >= 15 is 0 Å². The van der Waals surface area contributed by atoms with Crippen molar-refractivity contribution in [3.63, 3.8) is 0 Å². The first-order valence-electron chi connectivity index (χ1n) is 5.85. The van der Waals surface area contributed by atoms with E-state index in [1.54, 1.807) is 12.1 Å². The van der Waals surface area contributed by atoms with Crippen LogP contribution in [-0.2, 0) is 5.54 Å². The fraction of sp³-hybridized carbons (Fsp3) is 0.250. The second-order valence-electron chi connectivity index (χ2n) is 4.57. The maximum atomic E-state index is 12.9. The zero-order valence-corrected chi connectivity index (χ0v) is 10.0. The van der Waals surface area contributed by atoms with Crippen molar-refractivity contribution >= 4 is 12.0 Å². The Balaban J connectivity index is 1.79. The average Bonchev–Trinajstić information content (AvgIpc) is 3.03. The van der Waals surface area contributed by atoms with Crippen molar-refractivity contribution in [3.8, 4) is 0 Å². The summed E-state index contributed by atoms with van der Waals surface area (Å²) in [6.45, 7) is 0. The number of nitrogen functional groups attached to an aromatic ring is 1. The lowest BCUT2D eigenvalue weighted by Crippen LogP contribution is -2.38. The minimum atomic E-state index is -0.425. The summed E-state index contributed by atoms with van der Waals surface area (Å²) >= 11 is 0. The highest BCUT2D eigenvalue weighted by atomic mass is 19.1. The summed E-state index contributed by atoms with van der Waals surface area (Å²) in [7, 11) is 0. The molecule has 3 rings (SSSR count). The lowest BCUT2D eigenvalue weighted by Gasteiger charge is -2.17. The van der Waals surface area contributed by atoms with Gasteiger partial charge in [-0.1, -0.05) is 12.1 Å². The summed E-state index contributed by atoms with van der Waals surface area (Å²) in [5, 5.41) is 6.62. The Hall–Kier alpha value is -2.44. The van der Waals surface area contributed by atoms with Gasteiger partial charge in [0.1, 0.15) is 12.1 Å². The molecule has 1 aliphatic carbocycles. The fourth-order valence-corrected chi connectivity index (χ4v) is 2.02. The highest BCUT2D eigenvalue weighted by Crippen LogP contribution is 2.45. The second kappa shape index (κ2) is 4.04. The van der Waals surface area contributed by atoms with Crippen LogP contribution in [0.2, 0.25) is 0 Å². The molecule has 0 spiro atoms. The van der Waals surface area contributed by atoms with Crippen LogP contribution in [-0.4, -0.2) is 20.8 Å². The molecule has 2 aromatic rings. The predicted molar refractivity (Wildman–Crippen MR) is 65.7 cm³/mol. The third-order valence-electron chi connectivity index (χ3n) is 3.21. The van der Waals surface area contributed by atoms with Crippen LogP contribution >= 0.6 is 0 Å². The monoisotopic (exact) mass is 261 g/mol. The molecule has 1 aliphatic rings. The Morgan fingerprint density at radius 1 is 1.37 bits per heavy atom. The first-order chi connectivity index (χ1) is 9.09. The van der Waals surface area contributed by atoms with Gasteiger partial charge in [0.2, 0.25) is 5.95 Å². The van der Waals surface area contributed by atoms with Gasteiger partial charge in [-0.05, 0) is 30.5 Å². The Kier molecular flexibility index (Phi) is 2.48. The van der Waals surface area contributed by atoms with E-state index in [0.717, 1.165) is 23.1 Å². The van der Waals surface area contributed by atoms with E-state index in [0.29, 0.717) is 0 Å². The van der Waals surface area contributed by atoms with Crippen molar-refractivity contribution in [2.45, 2.75) is 18.4 Å². The van der Waals surface area contributed by atoms with Crippen molar-refractivity contribution < 1.29 is 9.18 Å². The molecule has 98 valence electrons. The van der Waals surface area contributed by atoms with Crippen molar-refractivity contribution in [1.29, 1.82) is 0 Å². The Morgan fingerprint density at radius 3 is 2.58 bits per heavy atom. The molecule has 0 saturated heterocycles. The number of nitrogens with one attached hydrogen (secondary N) is 1. The average molecular weight is 261 g/mol. The molecule has 1 amide bonds. The molecule has 1 aromatic heterocycles. The highest BCUT2D eigenvalue weighted by molar-refractivity contribution is 5.77. The number of amides is 1. The highest BCUT2D eigenvalue weighted by Gasteiger charge is 2.46. The smallest absolute Gasteiger partial charge is 0.344 e. The minimum Gasteiger partial charge on any atom is -0.366 e. The van der Waals surface area contributed by atoms with Gasteiger partial charge in [-0.15, -0.1) is 5.10 Å². The molecule has 0 atom stereocenters. The number of halogens is 1. The van der Waals surface area contributed by atoms with Gasteiger partial charge in [0.15, 0.2) is 0 Å². The number of nitrogens with two attached hydrogens (primary N) is 1. The Labute approximate surface area is 108 Å². The Morgan fingerprint density at radius 2 is 2.05 bits per heavy atom. The van der Waals surface area contributed by atoms with Gasteiger partial charge in [-0.25, -0.2) is 14.2 Å². The molecule has 1 heterocycles. The number of hydrogen-bond donors (Lipinski definition) is 2. The summed E-state index contributed by atoms with van der Waals surface area (Å²) in [5.74, 6) is -0.253. The van der Waals surface area contributed by atoms with Crippen molar-refractivity contribution in [2.75, 3.05) is 5.73 Å². The van der Waals surface area contributed by atoms with E-state index in [1.807, 2.05) is 0 Å². The van der Waals surface area contributed by atoms with Crippen LogP contribution in [0.5, 0.6) is 0 Å². The molecule has 1 fully saturated rings. The standard InChI is InChI=1S/C12H12FN5O/c13-9-3-1-8(2-4-9)12(5-6-12)16-11(19)18-7-15-10(14)17-18/h1-4,7H,5-6H2,(H2,14,17)(H,16,19). The molecular formula is C12H12FN5O. The first kappa shape index (κ1) is 11.6. The molecule has 6 nitrogen and oxygen atoms in total. The van der Waals surface area contributed by atoms with Crippen LogP contribution < -0.4 is 11.1 Å². The van der Waals surface area contributed by atoms with E-state index < -0.39 is 11.6 Å². The second-order valence-corrected chi connectivity index (χ2v) is 4.57. The third-order valence-corrected chi connectivity index (χ3v) is 3.21. The van der Waals surface area contributed by atoms with E-state index in [-0.39, 0.29) is 11.8 Å². The quantitative estimate of drug-likeness (QED) is 0.851. The van der Waals surface area contributed by atoms with E-state index in [4.69, 9.17) is 5.73 Å². The molecule has 0 radical (unpaired) electrons. The third kappa shape index (κ3) is 2.14. The number of nitrogens with zero attached hydrogens (tertiary/aromatic N) is 3. The van der Waals surface area contributed by atoms with Crippen LogP contribution in [0.25, 0.3) is 0 Å². The summed E-state index contributed by atoms with van der Waals surface area (Å²) in [4.78, 5) is 15.7. The molecule has 0 aliphatic heterocycles. The molecule has 3 N–H and O–H groups in total. The largest absolute Gasteiger partial charge is 0.366 e. The van der Waals surface area contributed by atoms with Gasteiger partial charge in [0, 0.05) is 0 Å². The number of benzene rings is 1. The summed E-state index contributed by atoms with van der Waals surface area (Å²) in [6.07, 6.45) is 2.88. The van der Waals surface area contributed by atoms with Gasteiger partial charge in [-0.3, -0.25) is 0 Å². The van der Waals surface area contributed by atoms with Crippen molar-refractivity contribution in [1.82, 2.24) is 20.1 Å². The number of carbonyl (C=O) groups is 1. The van der Waals surface area contributed by atoms with Crippen molar-refractivity contribution in [3.05, 3.63) is 42.0 Å². The number of aromatic nitrogens is 3. The van der Waals surface area contributed by atoms with Crippen LogP contribution in [0.3, 0.4) is 0 Å². The molecule has 19 heavy (non-hydrogen) atoms. The zero-order chi connectivity index (χ0) is 13.5. The van der Waals surface area contributed by atoms with Gasteiger partial charge < -0.3 is 11.1 Å². The topological polar surface area (TPSA) is 85.8 Å². The summed E-state index contributed by atoms with van der Waals surface area (Å²) < 4.78 is 14.0. The van der Waals surface area contributed by atoms with Crippen molar-refractivity contribution in [2.24, 2.45) is 0 Å². The van der Waals surface area contributed by atoms with Crippen LogP contribution in [0.15, 0.2) is 30.6 Å². The van der Waals surface area contributed by atoms with Gasteiger partial charge in [0.05, 0.1) is 5.54 Å². The Bertz CT molecular complexity index is 617. The number of anilines is 1. The maximum Gasteiger partial charge on any atom is 0.344 e. The van der Waals surface area contributed by atoms with Gasteiger partial charge >= 0.3 is 6.03 Å². The van der Waals surface area contributed by atoms with E-state index in [2.05, 4.69) is 15.4 Å². The van der Waals surface area contributed by atoms with Crippen LogP contribution in [0, 0.1) is 5.82 Å². The summed E-state index contributed by atoms with van der Waals surface area (Å²) in [5.41, 5.74) is 5.82. The normalized spacial score (nSPS) is 16.1. The van der Waals surface area contributed by atoms with Crippen LogP contribution in [0.4, 0.5) is 15.1 Å². The predicted octanol–water partition coefficient (Wildman–Crippen LogP) is 1.25. The molecule has 1 aromatic carbocycles.